The molecule has 26 heavy (non-hydrogen) atoms. The SMILES string of the molecule is Cc1c(C(=O)NCc2cccnc2-n2cncn2)oc2c(F)cccc12. The van der Waals surface area contributed by atoms with E-state index in [4.69, 9.17) is 4.42 Å². The van der Waals surface area contributed by atoms with Gasteiger partial charge in [-0.2, -0.15) is 5.10 Å². The van der Waals surface area contributed by atoms with E-state index in [0.717, 1.165) is 5.56 Å². The molecule has 7 nitrogen and oxygen atoms in total. The maximum absolute atomic E-state index is 13.9. The Bertz CT molecular complexity index is 1090. The van der Waals surface area contributed by atoms with Crippen molar-refractivity contribution < 1.29 is 13.6 Å². The third-order valence-corrected chi connectivity index (χ3v) is 4.06. The smallest absolute Gasteiger partial charge is 0.287 e. The maximum Gasteiger partial charge on any atom is 0.287 e. The zero-order chi connectivity index (χ0) is 18.1. The molecule has 0 saturated heterocycles. The molecule has 0 radical (unpaired) electrons. The molecule has 1 N–H and O–H groups in total. The Morgan fingerprint density at radius 3 is 2.96 bits per heavy atom. The number of pyridine rings is 1. The standard InChI is InChI=1S/C18H14FN5O2/c1-11-13-5-2-6-14(19)16(13)26-15(11)18(25)22-8-12-4-3-7-21-17(12)24-10-20-9-23-24/h2-7,9-10H,8H2,1H3,(H,22,25). The molecule has 0 saturated carbocycles. The lowest BCUT2D eigenvalue weighted by Crippen LogP contribution is -2.24. The van der Waals surface area contributed by atoms with Gasteiger partial charge in [-0.15, -0.1) is 0 Å². The second-order valence-corrected chi connectivity index (χ2v) is 5.68. The minimum atomic E-state index is -0.495. The second-order valence-electron chi connectivity index (χ2n) is 5.68. The molecule has 0 aliphatic heterocycles. The van der Waals surface area contributed by atoms with Crippen molar-refractivity contribution in [3.05, 3.63) is 71.9 Å². The summed E-state index contributed by atoms with van der Waals surface area (Å²) in [6.07, 6.45) is 4.57. The monoisotopic (exact) mass is 351 g/mol. The van der Waals surface area contributed by atoms with Crippen molar-refractivity contribution in [2.75, 3.05) is 0 Å². The molecule has 3 heterocycles. The number of para-hydroxylation sites is 1. The summed E-state index contributed by atoms with van der Waals surface area (Å²) in [5.41, 5.74) is 1.44. The van der Waals surface area contributed by atoms with Gasteiger partial charge in [-0.3, -0.25) is 4.79 Å². The number of nitrogens with zero attached hydrogens (tertiary/aromatic N) is 4. The summed E-state index contributed by atoms with van der Waals surface area (Å²) in [4.78, 5) is 20.7. The molecule has 0 fully saturated rings. The van der Waals surface area contributed by atoms with Crippen molar-refractivity contribution in [3.63, 3.8) is 0 Å². The molecule has 4 rings (SSSR count). The van der Waals surface area contributed by atoms with E-state index >= 15 is 0 Å². The van der Waals surface area contributed by atoms with Crippen molar-refractivity contribution >= 4 is 16.9 Å². The number of furan rings is 1. The van der Waals surface area contributed by atoms with Crippen LogP contribution in [0.5, 0.6) is 0 Å². The lowest BCUT2D eigenvalue weighted by atomic mass is 10.1. The molecule has 0 aliphatic carbocycles. The molecule has 8 heteroatoms. The maximum atomic E-state index is 13.9. The molecular weight excluding hydrogens is 337 g/mol. The van der Waals surface area contributed by atoms with Crippen LogP contribution in [0.1, 0.15) is 21.7 Å². The highest BCUT2D eigenvalue weighted by Gasteiger charge is 2.19. The van der Waals surface area contributed by atoms with Crippen LogP contribution in [0.4, 0.5) is 4.39 Å². The molecule has 0 unspecified atom stereocenters. The number of fused-ring (bicyclic) bond motifs is 1. The third kappa shape index (κ3) is 2.71. The van der Waals surface area contributed by atoms with E-state index in [-0.39, 0.29) is 17.9 Å². The molecule has 0 aliphatic rings. The summed E-state index contributed by atoms with van der Waals surface area (Å²) in [7, 11) is 0. The first-order chi connectivity index (χ1) is 12.6. The topological polar surface area (TPSA) is 85.8 Å². The number of rotatable bonds is 4. The van der Waals surface area contributed by atoms with Gasteiger partial charge in [0.15, 0.2) is 23.0 Å². The number of amides is 1. The lowest BCUT2D eigenvalue weighted by Gasteiger charge is -2.08. The number of hydrogen-bond acceptors (Lipinski definition) is 5. The summed E-state index contributed by atoms with van der Waals surface area (Å²) in [5.74, 6) is -0.258. The molecule has 1 aromatic carbocycles. The van der Waals surface area contributed by atoms with Gasteiger partial charge in [0.1, 0.15) is 12.7 Å². The number of carbonyl (C=O) groups is 1. The Labute approximate surface area is 147 Å². The highest BCUT2D eigenvalue weighted by atomic mass is 19.1. The number of benzene rings is 1. The van der Waals surface area contributed by atoms with E-state index in [1.165, 1.54) is 23.4 Å². The Balaban J connectivity index is 1.59. The van der Waals surface area contributed by atoms with Gasteiger partial charge < -0.3 is 9.73 Å². The van der Waals surface area contributed by atoms with Gasteiger partial charge in [0.2, 0.25) is 0 Å². The highest BCUT2D eigenvalue weighted by Crippen LogP contribution is 2.27. The van der Waals surface area contributed by atoms with Crippen molar-refractivity contribution in [3.8, 4) is 5.82 Å². The van der Waals surface area contributed by atoms with Crippen LogP contribution in [0.3, 0.4) is 0 Å². The number of aromatic nitrogens is 4. The average molecular weight is 351 g/mol. The first kappa shape index (κ1) is 15.9. The van der Waals surface area contributed by atoms with Gasteiger partial charge in [0.25, 0.3) is 5.91 Å². The first-order valence-electron chi connectivity index (χ1n) is 7.90. The van der Waals surface area contributed by atoms with Crippen LogP contribution in [-0.2, 0) is 6.54 Å². The zero-order valence-electron chi connectivity index (χ0n) is 13.8. The molecule has 1 amide bonds. The molecule has 0 bridgehead atoms. The Morgan fingerprint density at radius 2 is 2.19 bits per heavy atom. The Kier molecular flexibility index (Phi) is 3.92. The quantitative estimate of drug-likeness (QED) is 0.611. The van der Waals surface area contributed by atoms with Gasteiger partial charge in [0.05, 0.1) is 0 Å². The number of hydrogen-bond donors (Lipinski definition) is 1. The van der Waals surface area contributed by atoms with Crippen molar-refractivity contribution in [2.24, 2.45) is 0 Å². The average Bonchev–Trinajstić information content (AvgIpc) is 3.30. The number of aryl methyl sites for hydroxylation is 1. The summed E-state index contributed by atoms with van der Waals surface area (Å²) in [6.45, 7) is 1.94. The normalized spacial score (nSPS) is 11.0. The van der Waals surface area contributed by atoms with Gasteiger partial charge in [-0.1, -0.05) is 18.2 Å². The van der Waals surface area contributed by atoms with Crippen molar-refractivity contribution in [1.29, 1.82) is 0 Å². The third-order valence-electron chi connectivity index (χ3n) is 4.06. The molecule has 3 aromatic heterocycles. The fraction of sp³-hybridized carbons (Fsp3) is 0.111. The minimum Gasteiger partial charge on any atom is -0.448 e. The van der Waals surface area contributed by atoms with Crippen LogP contribution < -0.4 is 5.32 Å². The van der Waals surface area contributed by atoms with Crippen LogP contribution in [-0.4, -0.2) is 25.7 Å². The summed E-state index contributed by atoms with van der Waals surface area (Å²) < 4.78 is 20.8. The van der Waals surface area contributed by atoms with Crippen LogP contribution in [0.25, 0.3) is 16.8 Å². The van der Waals surface area contributed by atoms with Gasteiger partial charge >= 0.3 is 0 Å². The van der Waals surface area contributed by atoms with Crippen LogP contribution in [0, 0.1) is 12.7 Å². The van der Waals surface area contributed by atoms with Gasteiger partial charge in [0, 0.05) is 29.3 Å². The summed E-state index contributed by atoms with van der Waals surface area (Å²) in [5, 5.41) is 7.42. The highest BCUT2D eigenvalue weighted by molar-refractivity contribution is 5.99. The molecule has 0 atom stereocenters. The van der Waals surface area contributed by atoms with E-state index in [0.29, 0.717) is 16.8 Å². The molecule has 4 aromatic rings. The second kappa shape index (κ2) is 6.40. The van der Waals surface area contributed by atoms with Crippen molar-refractivity contribution in [2.45, 2.75) is 13.5 Å². The number of nitrogens with one attached hydrogen (secondary N) is 1. The molecular formula is C18H14FN5O2. The largest absolute Gasteiger partial charge is 0.448 e. The summed E-state index contributed by atoms with van der Waals surface area (Å²) in [6, 6.07) is 8.20. The van der Waals surface area contributed by atoms with Crippen LogP contribution in [0.15, 0.2) is 53.6 Å². The fourth-order valence-electron chi connectivity index (χ4n) is 2.77. The van der Waals surface area contributed by atoms with Gasteiger partial charge in [-0.25, -0.2) is 19.0 Å². The predicted octanol–water partition coefficient (Wildman–Crippen LogP) is 2.79. The van der Waals surface area contributed by atoms with Crippen LogP contribution in [0.2, 0.25) is 0 Å². The first-order valence-corrected chi connectivity index (χ1v) is 7.90. The fourth-order valence-corrected chi connectivity index (χ4v) is 2.77. The van der Waals surface area contributed by atoms with E-state index in [1.54, 1.807) is 31.3 Å². The van der Waals surface area contributed by atoms with E-state index < -0.39 is 11.7 Å². The molecule has 0 spiro atoms. The van der Waals surface area contributed by atoms with E-state index in [1.807, 2.05) is 6.07 Å². The lowest BCUT2D eigenvalue weighted by molar-refractivity contribution is 0.0924. The number of halogens is 1. The van der Waals surface area contributed by atoms with Crippen molar-refractivity contribution in [1.82, 2.24) is 25.1 Å². The Morgan fingerprint density at radius 1 is 1.31 bits per heavy atom. The van der Waals surface area contributed by atoms with Crippen LogP contribution >= 0.6 is 0 Å². The Hall–Kier alpha value is -3.55. The predicted molar refractivity (Wildman–Crippen MR) is 91.2 cm³/mol. The van der Waals surface area contributed by atoms with Gasteiger partial charge in [-0.05, 0) is 19.1 Å². The molecule has 130 valence electrons. The summed E-state index contributed by atoms with van der Waals surface area (Å²) >= 11 is 0. The number of carbonyl (C=O) groups excluding carboxylic acids is 1. The van der Waals surface area contributed by atoms with E-state index in [9.17, 15) is 9.18 Å². The minimum absolute atomic E-state index is 0.0832. The van der Waals surface area contributed by atoms with E-state index in [2.05, 4.69) is 20.4 Å². The zero-order valence-corrected chi connectivity index (χ0v) is 13.8.